The average Bonchev–Trinajstić information content (AvgIpc) is 2.34. The molecule has 0 aromatic rings. The van der Waals surface area contributed by atoms with E-state index in [4.69, 9.17) is 6.42 Å². The standard InChI is InChI=1S/C18H34/c1-4-5-6-7-8-9-10-11-12-13-14-15-16-17-18(2)3/h1,18H,5-17H2,2-3H3. The molecule has 0 aliphatic rings. The zero-order chi connectivity index (χ0) is 13.5. The number of terminal acetylenes is 1. The van der Waals surface area contributed by atoms with Crippen molar-refractivity contribution in [3.8, 4) is 12.3 Å². The summed E-state index contributed by atoms with van der Waals surface area (Å²) in [6, 6.07) is 0. The Morgan fingerprint density at radius 3 is 1.44 bits per heavy atom. The van der Waals surface area contributed by atoms with E-state index in [0.29, 0.717) is 0 Å². The fourth-order valence-electron chi connectivity index (χ4n) is 2.37. The van der Waals surface area contributed by atoms with E-state index in [2.05, 4.69) is 19.8 Å². The van der Waals surface area contributed by atoms with E-state index >= 15 is 0 Å². The van der Waals surface area contributed by atoms with Crippen LogP contribution in [0.5, 0.6) is 0 Å². The highest BCUT2D eigenvalue weighted by atomic mass is 14.0. The van der Waals surface area contributed by atoms with Gasteiger partial charge in [-0.05, 0) is 12.3 Å². The average molecular weight is 250 g/mol. The Morgan fingerprint density at radius 1 is 0.667 bits per heavy atom. The first-order chi connectivity index (χ1) is 8.77. The summed E-state index contributed by atoms with van der Waals surface area (Å²) in [6.45, 7) is 4.65. The Balaban J connectivity index is 2.93. The second kappa shape index (κ2) is 14.6. The third-order valence-corrected chi connectivity index (χ3v) is 3.60. The highest BCUT2D eigenvalue weighted by Crippen LogP contribution is 2.13. The summed E-state index contributed by atoms with van der Waals surface area (Å²) in [5.74, 6) is 3.60. The molecule has 0 aromatic heterocycles. The Kier molecular flexibility index (Phi) is 14.3. The minimum atomic E-state index is 0.888. The molecule has 0 N–H and O–H groups in total. The van der Waals surface area contributed by atoms with Crippen molar-refractivity contribution in [1.82, 2.24) is 0 Å². The Labute approximate surface area is 116 Å². The maximum absolute atomic E-state index is 5.23. The van der Waals surface area contributed by atoms with Crippen LogP contribution in [0.25, 0.3) is 0 Å². The Bertz CT molecular complexity index is 185. The van der Waals surface area contributed by atoms with E-state index in [-0.39, 0.29) is 0 Å². The third kappa shape index (κ3) is 15.6. The molecule has 0 saturated heterocycles. The number of rotatable bonds is 13. The van der Waals surface area contributed by atoms with Crippen molar-refractivity contribution in [3.63, 3.8) is 0 Å². The van der Waals surface area contributed by atoms with Gasteiger partial charge in [-0.15, -0.1) is 12.3 Å². The van der Waals surface area contributed by atoms with E-state index in [1.807, 2.05) is 0 Å². The van der Waals surface area contributed by atoms with Crippen LogP contribution in [0.3, 0.4) is 0 Å². The topological polar surface area (TPSA) is 0 Å². The quantitative estimate of drug-likeness (QED) is 0.264. The number of unbranched alkanes of at least 4 members (excludes halogenated alkanes) is 11. The molecule has 0 amide bonds. The van der Waals surface area contributed by atoms with Gasteiger partial charge in [0, 0.05) is 6.42 Å². The SMILES string of the molecule is C#CCCCCCCCCCCCCCC(C)C. The van der Waals surface area contributed by atoms with Gasteiger partial charge >= 0.3 is 0 Å². The van der Waals surface area contributed by atoms with Crippen LogP contribution in [-0.4, -0.2) is 0 Å². The van der Waals surface area contributed by atoms with Gasteiger partial charge in [0.15, 0.2) is 0 Å². The first-order valence-electron chi connectivity index (χ1n) is 8.21. The number of hydrogen-bond acceptors (Lipinski definition) is 0. The van der Waals surface area contributed by atoms with Gasteiger partial charge in [0.2, 0.25) is 0 Å². The van der Waals surface area contributed by atoms with Crippen LogP contribution < -0.4 is 0 Å². The van der Waals surface area contributed by atoms with Crippen molar-refractivity contribution >= 4 is 0 Å². The number of hydrogen-bond donors (Lipinski definition) is 0. The van der Waals surface area contributed by atoms with E-state index in [9.17, 15) is 0 Å². The van der Waals surface area contributed by atoms with Gasteiger partial charge in [0.25, 0.3) is 0 Å². The van der Waals surface area contributed by atoms with Crippen molar-refractivity contribution in [2.45, 2.75) is 97.3 Å². The zero-order valence-electron chi connectivity index (χ0n) is 12.8. The van der Waals surface area contributed by atoms with Crippen molar-refractivity contribution in [3.05, 3.63) is 0 Å². The van der Waals surface area contributed by atoms with Crippen molar-refractivity contribution in [2.24, 2.45) is 5.92 Å². The predicted molar refractivity (Wildman–Crippen MR) is 83.7 cm³/mol. The minimum absolute atomic E-state index is 0.888. The van der Waals surface area contributed by atoms with Crippen molar-refractivity contribution < 1.29 is 0 Å². The lowest BCUT2D eigenvalue weighted by Crippen LogP contribution is -1.87. The molecule has 0 spiro atoms. The van der Waals surface area contributed by atoms with E-state index in [1.54, 1.807) is 0 Å². The van der Waals surface area contributed by atoms with Gasteiger partial charge < -0.3 is 0 Å². The fourth-order valence-corrected chi connectivity index (χ4v) is 2.37. The molecule has 0 fully saturated rings. The molecule has 18 heavy (non-hydrogen) atoms. The molecular weight excluding hydrogens is 216 g/mol. The molecule has 0 saturated carbocycles. The van der Waals surface area contributed by atoms with Crippen LogP contribution in [0.2, 0.25) is 0 Å². The van der Waals surface area contributed by atoms with E-state index < -0.39 is 0 Å². The summed E-state index contributed by atoms with van der Waals surface area (Å²) in [7, 11) is 0. The normalized spacial score (nSPS) is 10.8. The molecular formula is C18H34. The molecule has 0 heterocycles. The summed E-state index contributed by atoms with van der Waals surface area (Å²) in [5, 5.41) is 0. The third-order valence-electron chi connectivity index (χ3n) is 3.60. The molecule has 0 radical (unpaired) electrons. The summed E-state index contributed by atoms with van der Waals surface area (Å²) >= 11 is 0. The molecule has 0 nitrogen and oxygen atoms in total. The fraction of sp³-hybridized carbons (Fsp3) is 0.889. The van der Waals surface area contributed by atoms with Crippen LogP contribution in [-0.2, 0) is 0 Å². The molecule has 0 rings (SSSR count). The summed E-state index contributed by atoms with van der Waals surface area (Å²) in [6.07, 6.45) is 23.1. The lowest BCUT2D eigenvalue weighted by atomic mass is 10.0. The first-order valence-corrected chi connectivity index (χ1v) is 8.21. The van der Waals surface area contributed by atoms with Gasteiger partial charge in [0.1, 0.15) is 0 Å². The molecule has 106 valence electrons. The Morgan fingerprint density at radius 2 is 1.06 bits per heavy atom. The van der Waals surface area contributed by atoms with Crippen LogP contribution in [0.1, 0.15) is 97.3 Å². The molecule has 0 aliphatic carbocycles. The summed E-state index contributed by atoms with van der Waals surface area (Å²) in [4.78, 5) is 0. The monoisotopic (exact) mass is 250 g/mol. The highest BCUT2D eigenvalue weighted by molar-refractivity contribution is 4.82. The predicted octanol–water partition coefficient (Wildman–Crippen LogP) is 6.35. The lowest BCUT2D eigenvalue weighted by molar-refractivity contribution is 0.504. The molecule has 0 bridgehead atoms. The van der Waals surface area contributed by atoms with E-state index in [0.717, 1.165) is 12.3 Å². The molecule has 0 atom stereocenters. The first kappa shape index (κ1) is 17.6. The van der Waals surface area contributed by atoms with Gasteiger partial charge in [0.05, 0.1) is 0 Å². The molecule has 0 aliphatic heterocycles. The van der Waals surface area contributed by atoms with Gasteiger partial charge in [-0.1, -0.05) is 84.5 Å². The maximum Gasteiger partial charge on any atom is 0.00860 e. The second-order valence-electron chi connectivity index (χ2n) is 6.03. The Hall–Kier alpha value is -0.440. The summed E-state index contributed by atoms with van der Waals surface area (Å²) in [5.41, 5.74) is 0. The zero-order valence-corrected chi connectivity index (χ0v) is 12.8. The van der Waals surface area contributed by atoms with Crippen LogP contribution in [0.15, 0.2) is 0 Å². The van der Waals surface area contributed by atoms with E-state index in [1.165, 1.54) is 77.0 Å². The molecule has 0 unspecified atom stereocenters. The van der Waals surface area contributed by atoms with Crippen LogP contribution >= 0.6 is 0 Å². The highest BCUT2D eigenvalue weighted by Gasteiger charge is 1.95. The minimum Gasteiger partial charge on any atom is -0.120 e. The lowest BCUT2D eigenvalue weighted by Gasteiger charge is -2.04. The smallest absolute Gasteiger partial charge is 0.00860 e. The van der Waals surface area contributed by atoms with Gasteiger partial charge in [-0.25, -0.2) is 0 Å². The summed E-state index contributed by atoms with van der Waals surface area (Å²) < 4.78 is 0. The van der Waals surface area contributed by atoms with Crippen molar-refractivity contribution in [1.29, 1.82) is 0 Å². The molecule has 0 heteroatoms. The van der Waals surface area contributed by atoms with Crippen molar-refractivity contribution in [2.75, 3.05) is 0 Å². The molecule has 0 aromatic carbocycles. The second-order valence-corrected chi connectivity index (χ2v) is 6.03. The van der Waals surface area contributed by atoms with Crippen LogP contribution in [0, 0.1) is 18.3 Å². The van der Waals surface area contributed by atoms with Gasteiger partial charge in [-0.3, -0.25) is 0 Å². The largest absolute Gasteiger partial charge is 0.120 e. The maximum atomic E-state index is 5.23. The van der Waals surface area contributed by atoms with Crippen LogP contribution in [0.4, 0.5) is 0 Å². The van der Waals surface area contributed by atoms with Gasteiger partial charge in [-0.2, -0.15) is 0 Å².